The maximum atomic E-state index is 10.9. The van der Waals surface area contributed by atoms with Crippen molar-refractivity contribution in [3.8, 4) is 0 Å². The van der Waals surface area contributed by atoms with E-state index in [9.17, 15) is 9.59 Å². The van der Waals surface area contributed by atoms with E-state index in [1.807, 2.05) is 0 Å². The summed E-state index contributed by atoms with van der Waals surface area (Å²) in [5.41, 5.74) is 0.0940. The monoisotopic (exact) mass is 212 g/mol. The van der Waals surface area contributed by atoms with Gasteiger partial charge in [-0.05, 0) is 12.8 Å². The summed E-state index contributed by atoms with van der Waals surface area (Å²) < 4.78 is 4.90. The van der Waals surface area contributed by atoms with Gasteiger partial charge in [-0.15, -0.1) is 0 Å². The molecule has 1 rings (SSSR count). The number of hydrogen-bond donors (Lipinski definition) is 1. The molecular weight excluding hydrogens is 196 g/mol. The number of carboxylic acid groups (broad SMARTS) is 1. The predicted molar refractivity (Wildman–Crippen MR) is 54.4 cm³/mol. The van der Waals surface area contributed by atoms with Crippen molar-refractivity contribution in [2.75, 3.05) is 0 Å². The SMILES string of the molecule is CCCCCCC1OC(=O)C=C1C(=O)O. The van der Waals surface area contributed by atoms with Crippen LogP contribution in [-0.4, -0.2) is 23.1 Å². The number of carbonyl (C=O) groups is 2. The summed E-state index contributed by atoms with van der Waals surface area (Å²) in [4.78, 5) is 21.6. The Balaban J connectivity index is 2.39. The molecular formula is C11H16O4. The second kappa shape index (κ2) is 5.53. The van der Waals surface area contributed by atoms with Crippen LogP contribution in [0.1, 0.15) is 39.0 Å². The average Bonchev–Trinajstić information content (AvgIpc) is 2.55. The Morgan fingerprint density at radius 3 is 2.80 bits per heavy atom. The normalized spacial score (nSPS) is 19.9. The Bertz CT molecular complexity index is 280. The Hall–Kier alpha value is -1.32. The Kier molecular flexibility index (Phi) is 4.34. The van der Waals surface area contributed by atoms with Gasteiger partial charge in [0.25, 0.3) is 0 Å². The summed E-state index contributed by atoms with van der Waals surface area (Å²) in [6.07, 6.45) is 5.37. The van der Waals surface area contributed by atoms with Gasteiger partial charge in [0, 0.05) is 6.08 Å². The van der Waals surface area contributed by atoms with Crippen LogP contribution in [0.2, 0.25) is 0 Å². The maximum Gasteiger partial charge on any atom is 0.335 e. The van der Waals surface area contributed by atoms with Crippen molar-refractivity contribution in [2.45, 2.75) is 45.1 Å². The third-order valence-electron chi connectivity index (χ3n) is 2.45. The van der Waals surface area contributed by atoms with E-state index in [2.05, 4.69) is 6.92 Å². The van der Waals surface area contributed by atoms with E-state index < -0.39 is 18.0 Å². The van der Waals surface area contributed by atoms with Crippen molar-refractivity contribution in [3.05, 3.63) is 11.6 Å². The van der Waals surface area contributed by atoms with Crippen molar-refractivity contribution < 1.29 is 19.4 Å². The zero-order valence-electron chi connectivity index (χ0n) is 8.86. The number of unbranched alkanes of at least 4 members (excludes halogenated alkanes) is 3. The highest BCUT2D eigenvalue weighted by Crippen LogP contribution is 2.21. The van der Waals surface area contributed by atoms with Crippen molar-refractivity contribution >= 4 is 11.9 Å². The topological polar surface area (TPSA) is 63.6 Å². The summed E-state index contributed by atoms with van der Waals surface area (Å²) in [6, 6.07) is 0. The molecule has 1 unspecified atom stereocenters. The average molecular weight is 212 g/mol. The van der Waals surface area contributed by atoms with E-state index in [4.69, 9.17) is 9.84 Å². The van der Waals surface area contributed by atoms with Crippen LogP contribution in [0.25, 0.3) is 0 Å². The fourth-order valence-corrected chi connectivity index (χ4v) is 1.63. The van der Waals surface area contributed by atoms with Gasteiger partial charge in [0.1, 0.15) is 6.10 Å². The molecule has 1 aliphatic heterocycles. The van der Waals surface area contributed by atoms with Crippen LogP contribution in [0.3, 0.4) is 0 Å². The van der Waals surface area contributed by atoms with Gasteiger partial charge in [0.05, 0.1) is 5.57 Å². The highest BCUT2D eigenvalue weighted by atomic mass is 16.5. The highest BCUT2D eigenvalue weighted by Gasteiger charge is 2.30. The fraction of sp³-hybridized carbons (Fsp3) is 0.636. The molecule has 0 aliphatic carbocycles. The maximum absolute atomic E-state index is 10.9. The minimum absolute atomic E-state index is 0.0940. The number of ether oxygens (including phenoxy) is 1. The van der Waals surface area contributed by atoms with Gasteiger partial charge in [0.2, 0.25) is 0 Å². The summed E-state index contributed by atoms with van der Waals surface area (Å²) in [5.74, 6) is -1.59. The molecule has 1 heterocycles. The summed E-state index contributed by atoms with van der Waals surface area (Å²) in [7, 11) is 0. The number of cyclic esters (lactones) is 1. The molecule has 1 N–H and O–H groups in total. The number of esters is 1. The van der Waals surface area contributed by atoms with Gasteiger partial charge in [-0.25, -0.2) is 9.59 Å². The Morgan fingerprint density at radius 2 is 2.20 bits per heavy atom. The van der Waals surface area contributed by atoms with Gasteiger partial charge in [-0.3, -0.25) is 0 Å². The second-order valence-corrected chi connectivity index (χ2v) is 3.68. The Labute approximate surface area is 88.9 Å². The Morgan fingerprint density at radius 1 is 1.47 bits per heavy atom. The van der Waals surface area contributed by atoms with Crippen LogP contribution in [0, 0.1) is 0 Å². The lowest BCUT2D eigenvalue weighted by atomic mass is 10.0. The molecule has 0 radical (unpaired) electrons. The number of aliphatic carboxylic acids is 1. The van der Waals surface area contributed by atoms with Gasteiger partial charge in [-0.2, -0.15) is 0 Å². The molecule has 1 atom stereocenters. The molecule has 4 nitrogen and oxygen atoms in total. The number of hydrogen-bond acceptors (Lipinski definition) is 3. The minimum atomic E-state index is -1.05. The lowest BCUT2D eigenvalue weighted by molar-refractivity contribution is -0.140. The van der Waals surface area contributed by atoms with E-state index in [1.165, 1.54) is 0 Å². The van der Waals surface area contributed by atoms with E-state index in [0.29, 0.717) is 6.42 Å². The van der Waals surface area contributed by atoms with Gasteiger partial charge in [-0.1, -0.05) is 26.2 Å². The molecule has 84 valence electrons. The molecule has 0 aromatic heterocycles. The van der Waals surface area contributed by atoms with E-state index >= 15 is 0 Å². The smallest absolute Gasteiger partial charge is 0.335 e. The molecule has 0 saturated heterocycles. The van der Waals surface area contributed by atoms with Crippen LogP contribution in [0.5, 0.6) is 0 Å². The molecule has 4 heteroatoms. The largest absolute Gasteiger partial charge is 0.478 e. The summed E-state index contributed by atoms with van der Waals surface area (Å²) in [6.45, 7) is 2.11. The third-order valence-corrected chi connectivity index (χ3v) is 2.45. The molecule has 0 amide bonds. The first-order valence-electron chi connectivity index (χ1n) is 5.30. The van der Waals surface area contributed by atoms with Gasteiger partial charge >= 0.3 is 11.9 Å². The number of carbonyl (C=O) groups excluding carboxylic acids is 1. The molecule has 1 aliphatic rings. The van der Waals surface area contributed by atoms with Crippen molar-refractivity contribution in [1.29, 1.82) is 0 Å². The highest BCUT2D eigenvalue weighted by molar-refractivity contribution is 5.99. The number of rotatable bonds is 6. The molecule has 0 spiro atoms. The summed E-state index contributed by atoms with van der Waals surface area (Å²) in [5, 5.41) is 8.80. The standard InChI is InChI=1S/C11H16O4/c1-2-3-4-5-6-9-8(11(13)14)7-10(12)15-9/h7,9H,2-6H2,1H3,(H,13,14). The first-order chi connectivity index (χ1) is 7.15. The fourth-order valence-electron chi connectivity index (χ4n) is 1.63. The molecule has 0 bridgehead atoms. The van der Waals surface area contributed by atoms with Crippen LogP contribution in [0.4, 0.5) is 0 Å². The minimum Gasteiger partial charge on any atom is -0.478 e. The predicted octanol–water partition coefficient (Wildman–Crippen LogP) is 1.89. The van der Waals surface area contributed by atoms with E-state index in [0.717, 1.165) is 31.8 Å². The summed E-state index contributed by atoms with van der Waals surface area (Å²) >= 11 is 0. The van der Waals surface area contributed by atoms with Crippen molar-refractivity contribution in [1.82, 2.24) is 0 Å². The molecule has 0 saturated carbocycles. The van der Waals surface area contributed by atoms with Gasteiger partial charge in [0.15, 0.2) is 0 Å². The second-order valence-electron chi connectivity index (χ2n) is 3.68. The van der Waals surface area contributed by atoms with Crippen molar-refractivity contribution in [3.63, 3.8) is 0 Å². The number of carboxylic acids is 1. The molecule has 0 aromatic rings. The van der Waals surface area contributed by atoms with Crippen LogP contribution < -0.4 is 0 Å². The first-order valence-corrected chi connectivity index (χ1v) is 5.30. The molecule has 0 fully saturated rings. The van der Waals surface area contributed by atoms with E-state index in [-0.39, 0.29) is 5.57 Å². The van der Waals surface area contributed by atoms with Crippen LogP contribution >= 0.6 is 0 Å². The molecule has 0 aromatic carbocycles. The van der Waals surface area contributed by atoms with Crippen LogP contribution in [-0.2, 0) is 14.3 Å². The third kappa shape index (κ3) is 3.38. The molecule has 15 heavy (non-hydrogen) atoms. The zero-order chi connectivity index (χ0) is 11.3. The van der Waals surface area contributed by atoms with Crippen LogP contribution in [0.15, 0.2) is 11.6 Å². The zero-order valence-corrected chi connectivity index (χ0v) is 8.86. The van der Waals surface area contributed by atoms with E-state index in [1.54, 1.807) is 0 Å². The van der Waals surface area contributed by atoms with Crippen molar-refractivity contribution in [2.24, 2.45) is 0 Å². The quantitative estimate of drug-likeness (QED) is 0.539. The van der Waals surface area contributed by atoms with Gasteiger partial charge < -0.3 is 9.84 Å². The first kappa shape index (κ1) is 11.8. The lowest BCUT2D eigenvalue weighted by Crippen LogP contribution is -2.16. The lowest BCUT2D eigenvalue weighted by Gasteiger charge is -2.10.